The summed E-state index contributed by atoms with van der Waals surface area (Å²) in [6.45, 7) is 7.33. The summed E-state index contributed by atoms with van der Waals surface area (Å²) in [6.07, 6.45) is 7.03. The summed E-state index contributed by atoms with van der Waals surface area (Å²) < 4.78 is 5.31. The van der Waals surface area contributed by atoms with Gasteiger partial charge in [0.1, 0.15) is 0 Å². The van der Waals surface area contributed by atoms with Gasteiger partial charge in [-0.15, -0.1) is 0 Å². The third kappa shape index (κ3) is 2.05. The van der Waals surface area contributed by atoms with E-state index in [-0.39, 0.29) is 0 Å². The summed E-state index contributed by atoms with van der Waals surface area (Å²) >= 11 is 0. The molecule has 1 heterocycles. The number of hydrogen-bond donors (Lipinski definition) is 0. The van der Waals surface area contributed by atoms with Crippen LogP contribution in [-0.2, 0) is 4.74 Å². The van der Waals surface area contributed by atoms with Gasteiger partial charge >= 0.3 is 0 Å². The molecule has 1 aliphatic rings. The van der Waals surface area contributed by atoms with Gasteiger partial charge in [-0.05, 0) is 24.5 Å². The second-order valence-corrected chi connectivity index (χ2v) is 2.54. The van der Waals surface area contributed by atoms with Gasteiger partial charge in [-0.25, -0.2) is 0 Å². The Bertz CT molecular complexity index is 199. The highest BCUT2D eigenvalue weighted by molar-refractivity contribution is 5.34. The molecule has 60 valence electrons. The van der Waals surface area contributed by atoms with Gasteiger partial charge in [-0.2, -0.15) is 0 Å². The normalized spacial score (nSPS) is 25.9. The summed E-state index contributed by atoms with van der Waals surface area (Å²) in [5, 5.41) is 0. The average molecular weight is 150 g/mol. The van der Waals surface area contributed by atoms with E-state index < -0.39 is 0 Å². The van der Waals surface area contributed by atoms with Crippen molar-refractivity contribution in [3.05, 3.63) is 36.0 Å². The summed E-state index contributed by atoms with van der Waals surface area (Å²) in [5.41, 5.74) is 2.67. The zero-order valence-electron chi connectivity index (χ0n) is 6.97. The van der Waals surface area contributed by atoms with Gasteiger partial charge in [0, 0.05) is 0 Å². The molecule has 0 saturated carbocycles. The van der Waals surface area contributed by atoms with E-state index in [1.54, 1.807) is 0 Å². The van der Waals surface area contributed by atoms with Crippen molar-refractivity contribution in [2.75, 3.05) is 13.2 Å². The van der Waals surface area contributed by atoms with Crippen LogP contribution in [0.4, 0.5) is 0 Å². The third-order valence-electron chi connectivity index (χ3n) is 1.85. The molecule has 0 aromatic carbocycles. The van der Waals surface area contributed by atoms with Gasteiger partial charge in [0.15, 0.2) is 0 Å². The predicted octanol–water partition coefficient (Wildman–Crippen LogP) is 2.47. The molecule has 1 nitrogen and oxygen atoms in total. The molecule has 0 aromatic heterocycles. The average Bonchev–Trinajstić information content (AvgIpc) is 2.06. The van der Waals surface area contributed by atoms with E-state index in [0.717, 1.165) is 19.6 Å². The fraction of sp³-hybridized carbons (Fsp3) is 0.400. The molecule has 1 saturated heterocycles. The highest BCUT2D eigenvalue weighted by Gasteiger charge is 2.09. The minimum atomic E-state index is 0.760. The minimum absolute atomic E-state index is 0.760. The van der Waals surface area contributed by atoms with Crippen LogP contribution in [0.5, 0.6) is 0 Å². The summed E-state index contributed by atoms with van der Waals surface area (Å²) in [7, 11) is 0. The van der Waals surface area contributed by atoms with Crippen molar-refractivity contribution in [3.63, 3.8) is 0 Å². The highest BCUT2D eigenvalue weighted by atomic mass is 16.5. The van der Waals surface area contributed by atoms with E-state index in [1.165, 1.54) is 11.1 Å². The van der Waals surface area contributed by atoms with Crippen LogP contribution in [0.3, 0.4) is 0 Å². The van der Waals surface area contributed by atoms with Crippen molar-refractivity contribution in [2.24, 2.45) is 0 Å². The van der Waals surface area contributed by atoms with Gasteiger partial charge in [0.25, 0.3) is 0 Å². The van der Waals surface area contributed by atoms with Crippen LogP contribution in [0.15, 0.2) is 36.0 Å². The Morgan fingerprint density at radius 2 is 2.27 bits per heavy atom. The van der Waals surface area contributed by atoms with Crippen molar-refractivity contribution in [1.29, 1.82) is 0 Å². The standard InChI is InChI=1S/C10H14O/c1-3-5-10-6-7-11-8-9(10)4-2/h3-5H,1,6-8H2,2H3/b9-4-,10-5-. The first kappa shape index (κ1) is 8.28. The molecule has 0 unspecified atom stereocenters. The third-order valence-corrected chi connectivity index (χ3v) is 1.85. The molecule has 1 aliphatic heterocycles. The molecular weight excluding hydrogens is 136 g/mol. The molecule has 0 aromatic rings. The first-order valence-corrected chi connectivity index (χ1v) is 3.93. The van der Waals surface area contributed by atoms with Crippen LogP contribution in [0.2, 0.25) is 0 Å². The van der Waals surface area contributed by atoms with Crippen LogP contribution in [0.1, 0.15) is 13.3 Å². The van der Waals surface area contributed by atoms with E-state index in [0.29, 0.717) is 0 Å². The fourth-order valence-corrected chi connectivity index (χ4v) is 1.22. The van der Waals surface area contributed by atoms with E-state index in [4.69, 9.17) is 4.74 Å². The smallest absolute Gasteiger partial charge is 0.0716 e. The minimum Gasteiger partial charge on any atom is -0.376 e. The van der Waals surface area contributed by atoms with Crippen LogP contribution >= 0.6 is 0 Å². The van der Waals surface area contributed by atoms with Crippen LogP contribution < -0.4 is 0 Å². The topological polar surface area (TPSA) is 9.23 Å². The zero-order chi connectivity index (χ0) is 8.10. The summed E-state index contributed by atoms with van der Waals surface area (Å²) in [5.74, 6) is 0. The molecule has 0 amide bonds. The van der Waals surface area contributed by atoms with Crippen molar-refractivity contribution in [2.45, 2.75) is 13.3 Å². The highest BCUT2D eigenvalue weighted by Crippen LogP contribution is 2.19. The second kappa shape index (κ2) is 4.14. The van der Waals surface area contributed by atoms with E-state index in [9.17, 15) is 0 Å². The molecule has 1 rings (SSSR count). The van der Waals surface area contributed by atoms with Gasteiger partial charge in [0.05, 0.1) is 13.2 Å². The second-order valence-electron chi connectivity index (χ2n) is 2.54. The maximum Gasteiger partial charge on any atom is 0.0716 e. The molecule has 0 atom stereocenters. The molecular formula is C10H14O. The lowest BCUT2D eigenvalue weighted by Gasteiger charge is -2.17. The molecule has 0 bridgehead atoms. The molecule has 0 radical (unpaired) electrons. The fourth-order valence-electron chi connectivity index (χ4n) is 1.22. The van der Waals surface area contributed by atoms with Gasteiger partial charge in [-0.3, -0.25) is 0 Å². The number of rotatable bonds is 1. The lowest BCUT2D eigenvalue weighted by atomic mass is 10.0. The number of hydrogen-bond acceptors (Lipinski definition) is 1. The Hall–Kier alpha value is -0.820. The lowest BCUT2D eigenvalue weighted by Crippen LogP contribution is -2.10. The largest absolute Gasteiger partial charge is 0.376 e. The maximum atomic E-state index is 5.31. The van der Waals surface area contributed by atoms with Gasteiger partial charge < -0.3 is 4.74 Å². The molecule has 1 fully saturated rings. The Morgan fingerprint density at radius 3 is 2.91 bits per heavy atom. The predicted molar refractivity (Wildman–Crippen MR) is 47.5 cm³/mol. The van der Waals surface area contributed by atoms with Crippen molar-refractivity contribution < 1.29 is 4.74 Å². The van der Waals surface area contributed by atoms with E-state index in [1.807, 2.05) is 13.0 Å². The van der Waals surface area contributed by atoms with E-state index in [2.05, 4.69) is 18.7 Å². The quantitative estimate of drug-likeness (QED) is 0.558. The molecule has 1 heteroatoms. The zero-order valence-corrected chi connectivity index (χ0v) is 6.97. The first-order valence-electron chi connectivity index (χ1n) is 3.93. The number of allylic oxidation sites excluding steroid dienone is 3. The Balaban J connectivity index is 2.74. The van der Waals surface area contributed by atoms with Crippen LogP contribution in [-0.4, -0.2) is 13.2 Å². The van der Waals surface area contributed by atoms with Gasteiger partial charge in [-0.1, -0.05) is 24.8 Å². The van der Waals surface area contributed by atoms with Crippen molar-refractivity contribution >= 4 is 0 Å². The molecule has 0 N–H and O–H groups in total. The Kier molecular flexibility index (Phi) is 3.12. The molecule has 11 heavy (non-hydrogen) atoms. The van der Waals surface area contributed by atoms with Gasteiger partial charge in [0.2, 0.25) is 0 Å². The summed E-state index contributed by atoms with van der Waals surface area (Å²) in [4.78, 5) is 0. The SMILES string of the molecule is C=C/C=C1/CCOC/C1=C/C. The summed E-state index contributed by atoms with van der Waals surface area (Å²) in [6, 6.07) is 0. The molecule has 0 spiro atoms. The first-order chi connectivity index (χ1) is 5.38. The Morgan fingerprint density at radius 1 is 1.45 bits per heavy atom. The monoisotopic (exact) mass is 150 g/mol. The number of ether oxygens (including phenoxy) is 1. The van der Waals surface area contributed by atoms with Crippen molar-refractivity contribution in [1.82, 2.24) is 0 Å². The Labute approximate surface area is 68.1 Å². The van der Waals surface area contributed by atoms with Crippen molar-refractivity contribution in [3.8, 4) is 0 Å². The van der Waals surface area contributed by atoms with Crippen LogP contribution in [0, 0.1) is 0 Å². The molecule has 0 aliphatic carbocycles. The lowest BCUT2D eigenvalue weighted by molar-refractivity contribution is 0.146. The van der Waals surface area contributed by atoms with Crippen LogP contribution in [0.25, 0.3) is 0 Å². The maximum absolute atomic E-state index is 5.31. The van der Waals surface area contributed by atoms with E-state index >= 15 is 0 Å².